The molecule has 0 radical (unpaired) electrons. The molecule has 3 nitrogen and oxygen atoms in total. The zero-order valence-corrected chi connectivity index (χ0v) is 10.8. The van der Waals surface area contributed by atoms with E-state index in [9.17, 15) is 17.6 Å². The van der Waals surface area contributed by atoms with Crippen LogP contribution >= 0.6 is 0 Å². The van der Waals surface area contributed by atoms with E-state index < -0.39 is 17.8 Å². The van der Waals surface area contributed by atoms with E-state index in [-0.39, 0.29) is 16.7 Å². The molecular formula is C13H13F4N3. The van der Waals surface area contributed by atoms with Crippen molar-refractivity contribution in [3.8, 4) is 0 Å². The van der Waals surface area contributed by atoms with E-state index in [1.54, 1.807) is 0 Å². The van der Waals surface area contributed by atoms with Crippen molar-refractivity contribution in [3.63, 3.8) is 0 Å². The maximum Gasteiger partial charge on any atom is 0.451 e. The number of unbranched alkanes of at least 4 members (excludes halogenated alkanes) is 1. The van der Waals surface area contributed by atoms with Crippen LogP contribution in [0.5, 0.6) is 0 Å². The number of benzene rings is 1. The number of hydrogen-bond donors (Lipinski definition) is 1. The van der Waals surface area contributed by atoms with Gasteiger partial charge in [-0.3, -0.25) is 0 Å². The number of anilines is 1. The second kappa shape index (κ2) is 5.60. The van der Waals surface area contributed by atoms with Gasteiger partial charge >= 0.3 is 6.18 Å². The Balaban J connectivity index is 2.51. The standard InChI is InChI=1S/C13H13F4N3/c1-2-3-6-18-11-9-7-8(14)4-5-10(9)19-12(20-11)13(15,16)17/h4-5,7H,2-3,6H2,1H3,(H,18,19,20). The molecule has 0 aliphatic heterocycles. The molecule has 0 fully saturated rings. The first kappa shape index (κ1) is 14.5. The van der Waals surface area contributed by atoms with E-state index in [4.69, 9.17) is 0 Å². The fraction of sp³-hybridized carbons (Fsp3) is 0.385. The van der Waals surface area contributed by atoms with Gasteiger partial charge in [-0.15, -0.1) is 0 Å². The Morgan fingerprint density at radius 2 is 1.95 bits per heavy atom. The smallest absolute Gasteiger partial charge is 0.369 e. The summed E-state index contributed by atoms with van der Waals surface area (Å²) < 4.78 is 51.4. The third-order valence-electron chi connectivity index (χ3n) is 2.73. The van der Waals surface area contributed by atoms with Crippen LogP contribution in [-0.4, -0.2) is 16.5 Å². The quantitative estimate of drug-likeness (QED) is 0.682. The van der Waals surface area contributed by atoms with Crippen LogP contribution in [0.15, 0.2) is 18.2 Å². The highest BCUT2D eigenvalue weighted by Crippen LogP contribution is 2.30. The zero-order valence-electron chi connectivity index (χ0n) is 10.8. The van der Waals surface area contributed by atoms with Gasteiger partial charge in [0.2, 0.25) is 5.82 Å². The second-order valence-corrected chi connectivity index (χ2v) is 4.34. The third kappa shape index (κ3) is 3.15. The Hall–Kier alpha value is -1.92. The summed E-state index contributed by atoms with van der Waals surface area (Å²) in [5.41, 5.74) is 0.0627. The summed E-state index contributed by atoms with van der Waals surface area (Å²) in [6.45, 7) is 2.43. The van der Waals surface area contributed by atoms with Crippen molar-refractivity contribution in [2.45, 2.75) is 25.9 Å². The zero-order chi connectivity index (χ0) is 14.8. The first-order chi connectivity index (χ1) is 9.41. The molecule has 0 saturated heterocycles. The van der Waals surface area contributed by atoms with Crippen LogP contribution in [0.25, 0.3) is 10.9 Å². The number of aromatic nitrogens is 2. The van der Waals surface area contributed by atoms with Gasteiger partial charge in [0.05, 0.1) is 5.52 Å². The van der Waals surface area contributed by atoms with Crippen molar-refractivity contribution < 1.29 is 17.6 Å². The van der Waals surface area contributed by atoms with Crippen molar-refractivity contribution in [3.05, 3.63) is 29.8 Å². The lowest BCUT2D eigenvalue weighted by molar-refractivity contribution is -0.144. The van der Waals surface area contributed by atoms with Gasteiger partial charge in [0.15, 0.2) is 0 Å². The molecule has 0 bridgehead atoms. The molecule has 2 aromatic rings. The highest BCUT2D eigenvalue weighted by atomic mass is 19.4. The Kier molecular flexibility index (Phi) is 4.06. The first-order valence-corrected chi connectivity index (χ1v) is 6.20. The normalized spacial score (nSPS) is 11.8. The average molecular weight is 287 g/mol. The SMILES string of the molecule is CCCCNc1nc(C(F)(F)F)nc2ccc(F)cc12. The third-order valence-corrected chi connectivity index (χ3v) is 2.73. The lowest BCUT2D eigenvalue weighted by Crippen LogP contribution is -2.14. The van der Waals surface area contributed by atoms with E-state index in [1.165, 1.54) is 6.07 Å². The molecular weight excluding hydrogens is 274 g/mol. The molecule has 0 unspecified atom stereocenters. The fourth-order valence-electron chi connectivity index (χ4n) is 1.75. The fourth-order valence-corrected chi connectivity index (χ4v) is 1.75. The minimum absolute atomic E-state index is 0.00951. The number of hydrogen-bond acceptors (Lipinski definition) is 3. The molecule has 1 aromatic carbocycles. The molecule has 0 spiro atoms. The van der Waals surface area contributed by atoms with Gasteiger partial charge < -0.3 is 5.32 Å². The summed E-state index contributed by atoms with van der Waals surface area (Å²) in [4.78, 5) is 6.90. The maximum absolute atomic E-state index is 13.2. The number of halogens is 4. The second-order valence-electron chi connectivity index (χ2n) is 4.34. The van der Waals surface area contributed by atoms with Crippen LogP contribution < -0.4 is 5.32 Å². The van der Waals surface area contributed by atoms with E-state index in [1.807, 2.05) is 6.92 Å². The average Bonchev–Trinajstić information content (AvgIpc) is 2.38. The minimum atomic E-state index is -4.64. The molecule has 0 aliphatic carbocycles. The monoisotopic (exact) mass is 287 g/mol. The first-order valence-electron chi connectivity index (χ1n) is 6.20. The highest BCUT2D eigenvalue weighted by Gasteiger charge is 2.35. The van der Waals surface area contributed by atoms with Crippen LogP contribution in [0.3, 0.4) is 0 Å². The molecule has 0 aliphatic rings. The molecule has 1 heterocycles. The lowest BCUT2D eigenvalue weighted by atomic mass is 10.2. The summed E-state index contributed by atoms with van der Waals surface area (Å²) in [7, 11) is 0. The van der Waals surface area contributed by atoms with Gasteiger partial charge in [-0.1, -0.05) is 13.3 Å². The van der Waals surface area contributed by atoms with Crippen LogP contribution in [0.2, 0.25) is 0 Å². The summed E-state index contributed by atoms with van der Waals surface area (Å²) in [5.74, 6) is -1.76. The van der Waals surface area contributed by atoms with Crippen molar-refractivity contribution in [1.29, 1.82) is 0 Å². The Morgan fingerprint density at radius 3 is 2.60 bits per heavy atom. The lowest BCUT2D eigenvalue weighted by Gasteiger charge is -2.12. The molecule has 0 saturated carbocycles. The predicted octanol–water partition coefficient (Wildman–Crippen LogP) is 4.00. The summed E-state index contributed by atoms with van der Waals surface area (Å²) in [6.07, 6.45) is -2.97. The van der Waals surface area contributed by atoms with Crippen LogP contribution in [0, 0.1) is 5.82 Å². The van der Waals surface area contributed by atoms with Crippen molar-refractivity contribution in [2.24, 2.45) is 0 Å². The molecule has 108 valence electrons. The number of alkyl halides is 3. The van der Waals surface area contributed by atoms with Crippen LogP contribution in [-0.2, 0) is 6.18 Å². The molecule has 7 heteroatoms. The molecule has 0 amide bonds. The van der Waals surface area contributed by atoms with Crippen molar-refractivity contribution in [1.82, 2.24) is 9.97 Å². The Morgan fingerprint density at radius 1 is 1.20 bits per heavy atom. The van der Waals surface area contributed by atoms with E-state index >= 15 is 0 Å². The van der Waals surface area contributed by atoms with Gasteiger partial charge in [-0.25, -0.2) is 14.4 Å². The van der Waals surface area contributed by atoms with E-state index in [0.29, 0.717) is 6.54 Å². The van der Waals surface area contributed by atoms with Gasteiger partial charge in [0, 0.05) is 11.9 Å². The van der Waals surface area contributed by atoms with Gasteiger partial charge in [0.25, 0.3) is 0 Å². The molecule has 20 heavy (non-hydrogen) atoms. The molecule has 1 N–H and O–H groups in total. The van der Waals surface area contributed by atoms with Gasteiger partial charge in [-0.05, 0) is 24.6 Å². The number of rotatable bonds is 4. The predicted molar refractivity (Wildman–Crippen MR) is 67.9 cm³/mol. The van der Waals surface area contributed by atoms with E-state index in [2.05, 4.69) is 15.3 Å². The minimum Gasteiger partial charge on any atom is -0.369 e. The van der Waals surface area contributed by atoms with Crippen LogP contribution in [0.1, 0.15) is 25.6 Å². The summed E-state index contributed by atoms with van der Waals surface area (Å²) >= 11 is 0. The molecule has 0 atom stereocenters. The maximum atomic E-state index is 13.2. The summed E-state index contributed by atoms with van der Waals surface area (Å²) in [5, 5.41) is 3.06. The summed E-state index contributed by atoms with van der Waals surface area (Å²) in [6, 6.07) is 3.42. The topological polar surface area (TPSA) is 37.8 Å². The Bertz CT molecular complexity index is 610. The van der Waals surface area contributed by atoms with Crippen molar-refractivity contribution in [2.75, 3.05) is 11.9 Å². The van der Waals surface area contributed by atoms with Gasteiger partial charge in [0.1, 0.15) is 11.6 Å². The number of nitrogens with zero attached hydrogens (tertiary/aromatic N) is 2. The van der Waals surface area contributed by atoms with Crippen LogP contribution in [0.4, 0.5) is 23.4 Å². The van der Waals surface area contributed by atoms with Gasteiger partial charge in [-0.2, -0.15) is 13.2 Å². The van der Waals surface area contributed by atoms with Crippen molar-refractivity contribution >= 4 is 16.7 Å². The molecule has 2 rings (SSSR count). The van der Waals surface area contributed by atoms with E-state index in [0.717, 1.165) is 25.0 Å². The highest BCUT2D eigenvalue weighted by molar-refractivity contribution is 5.89. The number of nitrogens with one attached hydrogen (secondary N) is 1. The largest absolute Gasteiger partial charge is 0.451 e. The number of fused-ring (bicyclic) bond motifs is 1. The Labute approximate surface area is 113 Å². The molecule has 1 aromatic heterocycles.